The van der Waals surface area contributed by atoms with Crippen LogP contribution in [0.3, 0.4) is 0 Å². The first-order valence-corrected chi connectivity index (χ1v) is 9.21. The fraction of sp³-hybridized carbons (Fsp3) is 0.611. The van der Waals surface area contributed by atoms with E-state index in [-0.39, 0.29) is 17.9 Å². The summed E-state index contributed by atoms with van der Waals surface area (Å²) < 4.78 is 0. The van der Waals surface area contributed by atoms with E-state index in [4.69, 9.17) is 23.2 Å². The molecular formula is C18H26Cl2N2O. The van der Waals surface area contributed by atoms with Gasteiger partial charge in [0.1, 0.15) is 0 Å². The minimum Gasteiger partial charge on any atom is -0.353 e. The van der Waals surface area contributed by atoms with Crippen LogP contribution in [0.4, 0.5) is 0 Å². The Balaban J connectivity index is 1.91. The minimum absolute atomic E-state index is 0.0779. The monoisotopic (exact) mass is 356 g/mol. The van der Waals surface area contributed by atoms with E-state index in [0.717, 1.165) is 50.9 Å². The number of piperidine rings is 1. The van der Waals surface area contributed by atoms with Crippen LogP contribution in [0.15, 0.2) is 18.2 Å². The highest BCUT2D eigenvalue weighted by Crippen LogP contribution is 2.25. The van der Waals surface area contributed by atoms with E-state index in [2.05, 4.69) is 24.1 Å². The van der Waals surface area contributed by atoms with Gasteiger partial charge >= 0.3 is 0 Å². The highest BCUT2D eigenvalue weighted by Gasteiger charge is 2.26. The third-order valence-electron chi connectivity index (χ3n) is 4.40. The number of amides is 1. The second-order valence-corrected chi connectivity index (χ2v) is 7.35. The van der Waals surface area contributed by atoms with Crippen LogP contribution >= 0.6 is 23.2 Å². The Labute approximate surface area is 149 Å². The number of likely N-dealkylation sites (tertiary alicyclic amines) is 1. The minimum atomic E-state index is 0.0779. The third-order valence-corrected chi connectivity index (χ3v) is 4.98. The quantitative estimate of drug-likeness (QED) is 0.812. The molecule has 0 aliphatic carbocycles. The van der Waals surface area contributed by atoms with Crippen LogP contribution < -0.4 is 5.32 Å². The molecule has 1 N–H and O–H groups in total. The van der Waals surface area contributed by atoms with Gasteiger partial charge in [0.25, 0.3) is 0 Å². The van der Waals surface area contributed by atoms with E-state index in [1.165, 1.54) is 0 Å². The van der Waals surface area contributed by atoms with Gasteiger partial charge in [-0.25, -0.2) is 0 Å². The van der Waals surface area contributed by atoms with Crippen LogP contribution in [0, 0.1) is 5.92 Å². The molecule has 0 spiro atoms. The Morgan fingerprint density at radius 2 is 2.22 bits per heavy atom. The van der Waals surface area contributed by atoms with Crippen molar-refractivity contribution in [1.82, 2.24) is 10.2 Å². The van der Waals surface area contributed by atoms with Gasteiger partial charge in [0.15, 0.2) is 0 Å². The predicted octanol–water partition coefficient (Wildman–Crippen LogP) is 4.51. The number of halogens is 2. The topological polar surface area (TPSA) is 32.3 Å². The molecule has 1 heterocycles. The average molecular weight is 357 g/mol. The van der Waals surface area contributed by atoms with Gasteiger partial charge in [-0.1, -0.05) is 42.6 Å². The SMILES string of the molecule is CCC[C@@H](C)NC(=O)[C@@H]1CCCN(Cc2ccc(Cl)cc2Cl)C1. The van der Waals surface area contributed by atoms with Crippen molar-refractivity contribution < 1.29 is 4.79 Å². The highest BCUT2D eigenvalue weighted by atomic mass is 35.5. The summed E-state index contributed by atoms with van der Waals surface area (Å²) in [6, 6.07) is 5.87. The standard InChI is InChI=1S/C18H26Cl2N2O/c1-3-5-13(2)21-18(23)15-6-4-9-22(12-15)11-14-7-8-16(19)10-17(14)20/h7-8,10,13,15H,3-6,9,11-12H2,1-2H3,(H,21,23)/t13-,15-/m1/s1. The molecule has 1 aliphatic heterocycles. The predicted molar refractivity (Wildman–Crippen MR) is 97.0 cm³/mol. The molecule has 1 saturated heterocycles. The maximum Gasteiger partial charge on any atom is 0.224 e. The molecule has 2 rings (SSSR count). The number of hydrogen-bond acceptors (Lipinski definition) is 2. The van der Waals surface area contributed by atoms with Gasteiger partial charge in [-0.15, -0.1) is 0 Å². The molecule has 1 aromatic carbocycles. The number of nitrogens with zero attached hydrogens (tertiary/aromatic N) is 1. The van der Waals surface area contributed by atoms with E-state index in [1.807, 2.05) is 12.1 Å². The van der Waals surface area contributed by atoms with Gasteiger partial charge in [0, 0.05) is 29.2 Å². The lowest BCUT2D eigenvalue weighted by atomic mass is 9.96. The first-order chi connectivity index (χ1) is 11.0. The summed E-state index contributed by atoms with van der Waals surface area (Å²) in [6.07, 6.45) is 4.14. The van der Waals surface area contributed by atoms with Gasteiger partial charge < -0.3 is 5.32 Å². The molecule has 1 amide bonds. The van der Waals surface area contributed by atoms with Crippen molar-refractivity contribution in [1.29, 1.82) is 0 Å². The van der Waals surface area contributed by atoms with Gasteiger partial charge in [0.2, 0.25) is 5.91 Å². The first-order valence-electron chi connectivity index (χ1n) is 8.46. The van der Waals surface area contributed by atoms with E-state index in [9.17, 15) is 4.79 Å². The van der Waals surface area contributed by atoms with Crippen molar-refractivity contribution in [2.24, 2.45) is 5.92 Å². The Kier molecular flexibility index (Phi) is 7.19. The van der Waals surface area contributed by atoms with Crippen molar-refractivity contribution in [2.75, 3.05) is 13.1 Å². The molecule has 0 radical (unpaired) electrons. The molecule has 3 nitrogen and oxygen atoms in total. The zero-order chi connectivity index (χ0) is 16.8. The molecule has 2 atom stereocenters. The number of carbonyl (C=O) groups excluding carboxylic acids is 1. The van der Waals surface area contributed by atoms with Gasteiger partial charge in [-0.3, -0.25) is 9.69 Å². The molecular weight excluding hydrogens is 331 g/mol. The summed E-state index contributed by atoms with van der Waals surface area (Å²) in [7, 11) is 0. The summed E-state index contributed by atoms with van der Waals surface area (Å²) in [5.41, 5.74) is 1.07. The van der Waals surface area contributed by atoms with Crippen LogP contribution in [0.1, 0.15) is 45.1 Å². The lowest BCUT2D eigenvalue weighted by molar-refractivity contribution is -0.127. The Morgan fingerprint density at radius 3 is 2.91 bits per heavy atom. The molecule has 0 aromatic heterocycles. The summed E-state index contributed by atoms with van der Waals surface area (Å²) in [5, 5.41) is 4.49. The Hall–Kier alpha value is -0.770. The second kappa shape index (κ2) is 8.91. The van der Waals surface area contributed by atoms with Crippen molar-refractivity contribution in [3.8, 4) is 0 Å². The molecule has 23 heavy (non-hydrogen) atoms. The van der Waals surface area contributed by atoms with Crippen LogP contribution in [0.2, 0.25) is 10.0 Å². The zero-order valence-corrected chi connectivity index (χ0v) is 15.5. The fourth-order valence-corrected chi connectivity index (χ4v) is 3.64. The van der Waals surface area contributed by atoms with Crippen molar-refractivity contribution in [3.63, 3.8) is 0 Å². The van der Waals surface area contributed by atoms with Gasteiger partial charge in [-0.2, -0.15) is 0 Å². The molecule has 0 unspecified atom stereocenters. The largest absolute Gasteiger partial charge is 0.353 e. The highest BCUT2D eigenvalue weighted by molar-refractivity contribution is 6.35. The molecule has 1 fully saturated rings. The van der Waals surface area contributed by atoms with E-state index in [0.29, 0.717) is 10.0 Å². The van der Waals surface area contributed by atoms with Gasteiger partial charge in [-0.05, 0) is 50.4 Å². The van der Waals surface area contributed by atoms with E-state index in [1.54, 1.807) is 6.07 Å². The van der Waals surface area contributed by atoms with Crippen LogP contribution in [0.5, 0.6) is 0 Å². The lowest BCUT2D eigenvalue weighted by Crippen LogP contribution is -2.45. The van der Waals surface area contributed by atoms with E-state index < -0.39 is 0 Å². The summed E-state index contributed by atoms with van der Waals surface area (Å²) in [4.78, 5) is 14.7. The summed E-state index contributed by atoms with van der Waals surface area (Å²) in [5.74, 6) is 0.270. The number of benzene rings is 1. The molecule has 1 aromatic rings. The number of nitrogens with one attached hydrogen (secondary N) is 1. The second-order valence-electron chi connectivity index (χ2n) is 6.51. The normalized spacial score (nSPS) is 20.3. The molecule has 1 aliphatic rings. The van der Waals surface area contributed by atoms with Gasteiger partial charge in [0.05, 0.1) is 5.92 Å². The lowest BCUT2D eigenvalue weighted by Gasteiger charge is -2.32. The van der Waals surface area contributed by atoms with Crippen molar-refractivity contribution >= 4 is 29.1 Å². The summed E-state index contributed by atoms with van der Waals surface area (Å²) in [6.45, 7) is 6.79. The molecule has 128 valence electrons. The first kappa shape index (κ1) is 18.6. The molecule has 0 saturated carbocycles. The maximum atomic E-state index is 12.4. The maximum absolute atomic E-state index is 12.4. The molecule has 0 bridgehead atoms. The average Bonchev–Trinajstić information content (AvgIpc) is 2.50. The Morgan fingerprint density at radius 1 is 1.43 bits per heavy atom. The van der Waals surface area contributed by atoms with Crippen LogP contribution in [0.25, 0.3) is 0 Å². The Bertz CT molecular complexity index is 536. The fourth-order valence-electron chi connectivity index (χ4n) is 3.17. The summed E-state index contributed by atoms with van der Waals surface area (Å²) >= 11 is 12.2. The number of hydrogen-bond donors (Lipinski definition) is 1. The van der Waals surface area contributed by atoms with Crippen LogP contribution in [-0.2, 0) is 11.3 Å². The molecule has 5 heteroatoms. The van der Waals surface area contributed by atoms with E-state index >= 15 is 0 Å². The smallest absolute Gasteiger partial charge is 0.224 e. The number of carbonyl (C=O) groups is 1. The van der Waals surface area contributed by atoms with Crippen molar-refractivity contribution in [3.05, 3.63) is 33.8 Å². The third kappa shape index (κ3) is 5.66. The zero-order valence-electron chi connectivity index (χ0n) is 13.9. The number of rotatable bonds is 6. The van der Waals surface area contributed by atoms with Crippen molar-refractivity contribution in [2.45, 2.75) is 52.1 Å². The van der Waals surface area contributed by atoms with Crippen LogP contribution in [-0.4, -0.2) is 29.9 Å².